The summed E-state index contributed by atoms with van der Waals surface area (Å²) in [6.07, 6.45) is 1.43. The molecule has 3 heterocycles. The number of fused-ring (bicyclic) bond motifs is 1. The molecule has 1 aliphatic rings. The van der Waals surface area contributed by atoms with Crippen LogP contribution >= 0.6 is 11.3 Å². The highest BCUT2D eigenvalue weighted by Crippen LogP contribution is 2.28. The summed E-state index contributed by atoms with van der Waals surface area (Å²) in [7, 11) is 0. The monoisotopic (exact) mass is 341 g/mol. The van der Waals surface area contributed by atoms with Crippen molar-refractivity contribution >= 4 is 17.2 Å². The van der Waals surface area contributed by atoms with Crippen molar-refractivity contribution in [2.75, 3.05) is 13.2 Å². The lowest BCUT2D eigenvalue weighted by Gasteiger charge is -2.19. The van der Waals surface area contributed by atoms with E-state index in [1.807, 2.05) is 31.2 Å². The molecule has 7 nitrogen and oxygen atoms in total. The number of ether oxygens (including phenoxy) is 1. The van der Waals surface area contributed by atoms with E-state index < -0.39 is 0 Å². The minimum absolute atomic E-state index is 0.0314. The van der Waals surface area contributed by atoms with E-state index in [1.165, 1.54) is 17.7 Å². The Balaban J connectivity index is 1.62. The lowest BCUT2D eigenvalue weighted by atomic mass is 10.2. The number of thiazole rings is 1. The van der Waals surface area contributed by atoms with E-state index in [4.69, 9.17) is 4.74 Å². The number of nitrogens with one attached hydrogen (secondary N) is 1. The van der Waals surface area contributed by atoms with Crippen molar-refractivity contribution in [3.8, 4) is 16.6 Å². The summed E-state index contributed by atoms with van der Waals surface area (Å²) in [4.78, 5) is 23.9. The van der Waals surface area contributed by atoms with Gasteiger partial charge in [-0.15, -0.1) is 11.3 Å². The Bertz CT molecular complexity index is 874. The molecule has 0 fully saturated rings. The average molecular weight is 341 g/mol. The average Bonchev–Trinajstić information content (AvgIpc) is 3.19. The van der Waals surface area contributed by atoms with Crippen LogP contribution in [-0.2, 0) is 6.54 Å². The predicted molar refractivity (Wildman–Crippen MR) is 88.9 cm³/mol. The van der Waals surface area contributed by atoms with Crippen molar-refractivity contribution in [3.05, 3.63) is 46.7 Å². The van der Waals surface area contributed by atoms with Gasteiger partial charge in [-0.25, -0.2) is 9.97 Å². The molecule has 1 aromatic carbocycles. The molecular weight excluding hydrogens is 326 g/mol. The van der Waals surface area contributed by atoms with Gasteiger partial charge in [-0.3, -0.25) is 9.89 Å². The van der Waals surface area contributed by atoms with Crippen molar-refractivity contribution in [3.63, 3.8) is 0 Å². The molecule has 1 aliphatic heterocycles. The number of amides is 1. The molecule has 0 saturated heterocycles. The third-order valence-electron chi connectivity index (χ3n) is 3.85. The van der Waals surface area contributed by atoms with Gasteiger partial charge in [0.25, 0.3) is 5.91 Å². The van der Waals surface area contributed by atoms with Crippen molar-refractivity contribution < 1.29 is 9.53 Å². The van der Waals surface area contributed by atoms with Crippen LogP contribution in [0.4, 0.5) is 0 Å². The lowest BCUT2D eigenvalue weighted by Crippen LogP contribution is -2.32. The highest BCUT2D eigenvalue weighted by Gasteiger charge is 2.25. The maximum Gasteiger partial charge on any atom is 0.266 e. The van der Waals surface area contributed by atoms with E-state index >= 15 is 0 Å². The number of aromatic nitrogens is 4. The Kier molecular flexibility index (Phi) is 3.73. The molecule has 2 aromatic heterocycles. The second-order valence-corrected chi connectivity index (χ2v) is 6.45. The molecule has 1 amide bonds. The van der Waals surface area contributed by atoms with Crippen molar-refractivity contribution in [1.29, 1.82) is 0 Å². The Morgan fingerprint density at radius 2 is 2.25 bits per heavy atom. The van der Waals surface area contributed by atoms with E-state index in [2.05, 4.69) is 20.2 Å². The Hall–Kier alpha value is -2.74. The molecule has 0 radical (unpaired) electrons. The minimum atomic E-state index is -0.0314. The molecule has 0 aliphatic carbocycles. The molecule has 122 valence electrons. The van der Waals surface area contributed by atoms with Crippen LogP contribution in [0, 0.1) is 6.92 Å². The summed E-state index contributed by atoms with van der Waals surface area (Å²) < 4.78 is 5.73. The van der Waals surface area contributed by atoms with E-state index in [9.17, 15) is 4.79 Å². The molecule has 0 bridgehead atoms. The Labute approximate surface area is 142 Å². The van der Waals surface area contributed by atoms with Gasteiger partial charge in [0.1, 0.15) is 23.6 Å². The quantitative estimate of drug-likeness (QED) is 0.773. The zero-order chi connectivity index (χ0) is 16.5. The summed E-state index contributed by atoms with van der Waals surface area (Å²) in [5, 5.41) is 7.27. The summed E-state index contributed by atoms with van der Waals surface area (Å²) in [5.74, 6) is 1.39. The van der Waals surface area contributed by atoms with Crippen molar-refractivity contribution in [2.45, 2.75) is 13.5 Å². The first-order chi connectivity index (χ1) is 11.7. The van der Waals surface area contributed by atoms with Crippen molar-refractivity contribution in [2.24, 2.45) is 0 Å². The second kappa shape index (κ2) is 6.04. The molecule has 8 heteroatoms. The third-order valence-corrected chi connectivity index (χ3v) is 5.00. The first kappa shape index (κ1) is 14.8. The summed E-state index contributed by atoms with van der Waals surface area (Å²) in [6, 6.07) is 7.81. The number of benzene rings is 1. The molecule has 3 aromatic rings. The van der Waals surface area contributed by atoms with Gasteiger partial charge in [0.05, 0.1) is 12.2 Å². The highest BCUT2D eigenvalue weighted by atomic mass is 32.1. The topological polar surface area (TPSA) is 84.0 Å². The van der Waals surface area contributed by atoms with Crippen molar-refractivity contribution in [1.82, 2.24) is 25.1 Å². The number of carbonyl (C=O) groups is 1. The molecule has 0 saturated carbocycles. The number of hydrogen-bond donors (Lipinski definition) is 1. The number of rotatable bonds is 2. The van der Waals surface area contributed by atoms with Gasteiger partial charge in [0.2, 0.25) is 0 Å². The largest absolute Gasteiger partial charge is 0.491 e. The van der Waals surface area contributed by atoms with Crippen LogP contribution in [0.25, 0.3) is 10.8 Å². The second-order valence-electron chi connectivity index (χ2n) is 5.45. The van der Waals surface area contributed by atoms with Gasteiger partial charge in [0.15, 0.2) is 10.8 Å². The van der Waals surface area contributed by atoms with Gasteiger partial charge in [-0.2, -0.15) is 5.10 Å². The Morgan fingerprint density at radius 3 is 3.08 bits per heavy atom. The smallest absolute Gasteiger partial charge is 0.266 e. The zero-order valence-electron chi connectivity index (χ0n) is 13.0. The Morgan fingerprint density at radius 1 is 1.38 bits per heavy atom. The summed E-state index contributed by atoms with van der Waals surface area (Å²) in [6.45, 7) is 3.40. The van der Waals surface area contributed by atoms with E-state index in [0.29, 0.717) is 41.1 Å². The van der Waals surface area contributed by atoms with Gasteiger partial charge in [0, 0.05) is 12.1 Å². The number of nitrogens with zero attached hydrogens (tertiary/aromatic N) is 4. The van der Waals surface area contributed by atoms with Crippen LogP contribution in [0.15, 0.2) is 30.6 Å². The number of H-pyrrole nitrogens is 1. The van der Waals surface area contributed by atoms with Crippen LogP contribution in [0.3, 0.4) is 0 Å². The first-order valence-corrected chi connectivity index (χ1v) is 8.37. The third kappa shape index (κ3) is 2.65. The fraction of sp³-hybridized carbons (Fsp3) is 0.250. The maximum absolute atomic E-state index is 13.0. The molecule has 1 N–H and O–H groups in total. The number of para-hydroxylation sites is 1. The first-order valence-electron chi connectivity index (χ1n) is 7.55. The van der Waals surface area contributed by atoms with E-state index in [1.54, 1.807) is 4.90 Å². The number of aromatic amines is 1. The van der Waals surface area contributed by atoms with Crippen LogP contribution < -0.4 is 4.74 Å². The van der Waals surface area contributed by atoms with Crippen LogP contribution in [0.2, 0.25) is 0 Å². The fourth-order valence-electron chi connectivity index (χ4n) is 2.65. The van der Waals surface area contributed by atoms with E-state index in [0.717, 1.165) is 11.3 Å². The van der Waals surface area contributed by atoms with Crippen LogP contribution in [-0.4, -0.2) is 44.1 Å². The standard InChI is InChI=1S/C16H15N5O2S/c1-10-13(24-15(19-10)14-17-9-18-20-14)16(22)21-6-7-23-12-5-3-2-4-11(12)8-21/h2-5,9H,6-8H2,1H3,(H,17,18,20). The van der Waals surface area contributed by atoms with Gasteiger partial charge >= 0.3 is 0 Å². The predicted octanol–water partition coefficient (Wildman–Crippen LogP) is 2.27. The van der Waals surface area contributed by atoms with Gasteiger partial charge < -0.3 is 9.64 Å². The molecule has 24 heavy (non-hydrogen) atoms. The maximum atomic E-state index is 13.0. The minimum Gasteiger partial charge on any atom is -0.491 e. The molecule has 0 atom stereocenters. The SMILES string of the molecule is Cc1nc(-c2ncn[nH]2)sc1C(=O)N1CCOc2ccccc2C1. The number of aryl methyl sites for hydroxylation is 1. The summed E-state index contributed by atoms with van der Waals surface area (Å²) >= 11 is 1.33. The fourth-order valence-corrected chi connectivity index (χ4v) is 3.63. The summed E-state index contributed by atoms with van der Waals surface area (Å²) in [5.41, 5.74) is 1.72. The highest BCUT2D eigenvalue weighted by molar-refractivity contribution is 7.17. The molecule has 4 rings (SSSR count). The van der Waals surface area contributed by atoms with Gasteiger partial charge in [-0.1, -0.05) is 18.2 Å². The normalized spacial score (nSPS) is 14.0. The lowest BCUT2D eigenvalue weighted by molar-refractivity contribution is 0.0737. The van der Waals surface area contributed by atoms with Gasteiger partial charge in [-0.05, 0) is 13.0 Å². The molecule has 0 unspecified atom stereocenters. The number of carbonyl (C=O) groups excluding carboxylic acids is 1. The number of hydrogen-bond acceptors (Lipinski definition) is 6. The van der Waals surface area contributed by atoms with E-state index in [-0.39, 0.29) is 5.91 Å². The molecule has 0 spiro atoms. The van der Waals surface area contributed by atoms with Crippen LogP contribution in [0.5, 0.6) is 5.75 Å². The van der Waals surface area contributed by atoms with Crippen LogP contribution in [0.1, 0.15) is 20.9 Å². The molecular formula is C16H15N5O2S. The zero-order valence-corrected chi connectivity index (χ0v) is 13.8.